The van der Waals surface area contributed by atoms with Crippen LogP contribution in [-0.4, -0.2) is 35.3 Å². The van der Waals surface area contributed by atoms with E-state index in [0.29, 0.717) is 6.54 Å². The average Bonchev–Trinajstić information content (AvgIpc) is 2.45. The van der Waals surface area contributed by atoms with Crippen LogP contribution >= 0.6 is 0 Å². The highest BCUT2D eigenvalue weighted by molar-refractivity contribution is 7.89. The molecule has 15 heavy (non-hydrogen) atoms. The lowest BCUT2D eigenvalue weighted by molar-refractivity contribution is 0.467. The molecule has 1 rings (SSSR count). The molecule has 0 radical (unpaired) electrons. The van der Waals surface area contributed by atoms with Gasteiger partial charge in [0.1, 0.15) is 0 Å². The minimum Gasteiger partial charge on any atom is -0.275 e. The van der Waals surface area contributed by atoms with Crippen molar-refractivity contribution in [2.75, 3.05) is 12.8 Å². The summed E-state index contributed by atoms with van der Waals surface area (Å²) < 4.78 is 26.1. The second kappa shape index (κ2) is 4.32. The van der Waals surface area contributed by atoms with Crippen LogP contribution < -0.4 is 0 Å². The molecule has 0 N–H and O–H groups in total. The van der Waals surface area contributed by atoms with E-state index in [4.69, 9.17) is 0 Å². The van der Waals surface area contributed by atoms with Crippen LogP contribution in [0.3, 0.4) is 0 Å². The first-order chi connectivity index (χ1) is 6.86. The Labute approximate surface area is 90.7 Å². The molecule has 0 bridgehead atoms. The molecule has 0 saturated heterocycles. The third kappa shape index (κ3) is 2.79. The molecule has 0 aliphatic heterocycles. The Morgan fingerprint density at radius 1 is 1.53 bits per heavy atom. The van der Waals surface area contributed by atoms with E-state index in [2.05, 4.69) is 5.10 Å². The van der Waals surface area contributed by atoms with E-state index >= 15 is 0 Å². The van der Waals surface area contributed by atoms with Gasteiger partial charge in [0.2, 0.25) is 10.0 Å². The third-order valence-corrected chi connectivity index (χ3v) is 4.16. The van der Waals surface area contributed by atoms with Crippen molar-refractivity contribution < 1.29 is 8.42 Å². The summed E-state index contributed by atoms with van der Waals surface area (Å²) in [5.74, 6) is 0.128. The molecular formula is C9H17N3O2S. The van der Waals surface area contributed by atoms with Crippen LogP contribution in [-0.2, 0) is 23.6 Å². The molecule has 0 aliphatic rings. The zero-order valence-corrected chi connectivity index (χ0v) is 10.4. The summed E-state index contributed by atoms with van der Waals surface area (Å²) in [6, 6.07) is 0. The Bertz CT molecular complexity index is 436. The fourth-order valence-electron chi connectivity index (χ4n) is 1.36. The van der Waals surface area contributed by atoms with Crippen molar-refractivity contribution in [1.82, 2.24) is 14.1 Å². The number of aryl methyl sites for hydroxylation is 2. The maximum absolute atomic E-state index is 11.5. The zero-order chi connectivity index (χ0) is 11.6. The number of aromatic nitrogens is 2. The minimum atomic E-state index is -3.11. The highest BCUT2D eigenvalue weighted by Crippen LogP contribution is 2.10. The van der Waals surface area contributed by atoms with Crippen LogP contribution in [0.2, 0.25) is 0 Å². The van der Waals surface area contributed by atoms with E-state index in [9.17, 15) is 8.42 Å². The topological polar surface area (TPSA) is 55.2 Å². The lowest BCUT2D eigenvalue weighted by Crippen LogP contribution is -2.27. The van der Waals surface area contributed by atoms with E-state index in [1.165, 1.54) is 4.31 Å². The molecule has 0 spiro atoms. The van der Waals surface area contributed by atoms with Gasteiger partial charge in [-0.1, -0.05) is 0 Å². The standard InChI is InChI=1S/C9H17N3O2S/c1-5-15(13,14)12(4)7-9-6-11(3)10-8(9)2/h6H,5,7H2,1-4H3. The van der Waals surface area contributed by atoms with Crippen molar-refractivity contribution >= 4 is 10.0 Å². The van der Waals surface area contributed by atoms with E-state index in [0.717, 1.165) is 11.3 Å². The number of hydrogen-bond donors (Lipinski definition) is 0. The number of sulfonamides is 1. The van der Waals surface area contributed by atoms with Gasteiger partial charge in [-0.25, -0.2) is 12.7 Å². The summed E-state index contributed by atoms with van der Waals surface area (Å²) in [4.78, 5) is 0. The van der Waals surface area contributed by atoms with Gasteiger partial charge < -0.3 is 0 Å². The van der Waals surface area contributed by atoms with Gasteiger partial charge in [-0.3, -0.25) is 4.68 Å². The second-order valence-electron chi connectivity index (χ2n) is 3.57. The molecule has 0 atom stereocenters. The predicted molar refractivity (Wildman–Crippen MR) is 58.9 cm³/mol. The summed E-state index contributed by atoms with van der Waals surface area (Å²) >= 11 is 0. The van der Waals surface area contributed by atoms with Crippen LogP contribution in [0.25, 0.3) is 0 Å². The summed E-state index contributed by atoms with van der Waals surface area (Å²) in [6.45, 7) is 3.90. The Hall–Kier alpha value is -0.880. The normalized spacial score (nSPS) is 12.3. The summed E-state index contributed by atoms with van der Waals surface area (Å²) in [5.41, 5.74) is 1.81. The van der Waals surface area contributed by atoms with E-state index in [-0.39, 0.29) is 5.75 Å². The van der Waals surface area contributed by atoms with Crippen molar-refractivity contribution in [3.63, 3.8) is 0 Å². The largest absolute Gasteiger partial charge is 0.275 e. The second-order valence-corrected chi connectivity index (χ2v) is 5.93. The molecule has 1 aromatic rings. The minimum absolute atomic E-state index is 0.128. The highest BCUT2D eigenvalue weighted by atomic mass is 32.2. The van der Waals surface area contributed by atoms with Gasteiger partial charge >= 0.3 is 0 Å². The molecule has 0 fully saturated rings. The monoisotopic (exact) mass is 231 g/mol. The molecule has 1 heterocycles. The maximum atomic E-state index is 11.5. The van der Waals surface area contributed by atoms with Crippen molar-refractivity contribution in [3.8, 4) is 0 Å². The molecule has 6 heteroatoms. The molecule has 1 aromatic heterocycles. The zero-order valence-electron chi connectivity index (χ0n) is 9.56. The maximum Gasteiger partial charge on any atom is 0.213 e. The van der Waals surface area contributed by atoms with Crippen molar-refractivity contribution in [1.29, 1.82) is 0 Å². The van der Waals surface area contributed by atoms with Gasteiger partial charge in [0.15, 0.2) is 0 Å². The number of nitrogens with zero attached hydrogens (tertiary/aromatic N) is 3. The average molecular weight is 231 g/mol. The van der Waals surface area contributed by atoms with Crippen LogP contribution in [0.1, 0.15) is 18.2 Å². The van der Waals surface area contributed by atoms with Crippen molar-refractivity contribution in [2.24, 2.45) is 7.05 Å². The van der Waals surface area contributed by atoms with Gasteiger partial charge in [0.05, 0.1) is 11.4 Å². The molecule has 0 aromatic carbocycles. The fraction of sp³-hybridized carbons (Fsp3) is 0.667. The van der Waals surface area contributed by atoms with Crippen LogP contribution in [0, 0.1) is 6.92 Å². The number of rotatable bonds is 4. The summed E-state index contributed by atoms with van der Waals surface area (Å²) in [6.07, 6.45) is 1.84. The van der Waals surface area contributed by atoms with Crippen LogP contribution in [0.4, 0.5) is 0 Å². The van der Waals surface area contributed by atoms with Gasteiger partial charge in [0.25, 0.3) is 0 Å². The van der Waals surface area contributed by atoms with Crippen LogP contribution in [0.15, 0.2) is 6.20 Å². The third-order valence-electron chi connectivity index (χ3n) is 2.35. The lowest BCUT2D eigenvalue weighted by Gasteiger charge is -2.15. The molecule has 0 aliphatic carbocycles. The molecular weight excluding hydrogens is 214 g/mol. The molecule has 0 amide bonds. The predicted octanol–water partition coefficient (Wildman–Crippen LogP) is 0.510. The Morgan fingerprint density at radius 3 is 2.53 bits per heavy atom. The lowest BCUT2D eigenvalue weighted by atomic mass is 10.3. The fourth-order valence-corrected chi connectivity index (χ4v) is 2.14. The summed E-state index contributed by atoms with van der Waals surface area (Å²) in [7, 11) is 0.305. The van der Waals surface area contributed by atoms with Gasteiger partial charge in [-0.05, 0) is 13.8 Å². The number of hydrogen-bond acceptors (Lipinski definition) is 3. The summed E-state index contributed by atoms with van der Waals surface area (Å²) in [5, 5.41) is 4.17. The first-order valence-electron chi connectivity index (χ1n) is 4.80. The Kier molecular flexibility index (Phi) is 3.51. The smallest absolute Gasteiger partial charge is 0.213 e. The first kappa shape index (κ1) is 12.2. The first-order valence-corrected chi connectivity index (χ1v) is 6.41. The van der Waals surface area contributed by atoms with Crippen molar-refractivity contribution in [3.05, 3.63) is 17.5 Å². The van der Waals surface area contributed by atoms with E-state index < -0.39 is 10.0 Å². The van der Waals surface area contributed by atoms with Gasteiger partial charge in [-0.15, -0.1) is 0 Å². The molecule has 0 unspecified atom stereocenters. The highest BCUT2D eigenvalue weighted by Gasteiger charge is 2.17. The Morgan fingerprint density at radius 2 is 2.13 bits per heavy atom. The van der Waals surface area contributed by atoms with Gasteiger partial charge in [-0.2, -0.15) is 5.10 Å². The molecule has 86 valence electrons. The van der Waals surface area contributed by atoms with Crippen LogP contribution in [0.5, 0.6) is 0 Å². The molecule has 0 saturated carbocycles. The van der Waals surface area contributed by atoms with E-state index in [1.54, 1.807) is 18.7 Å². The SMILES string of the molecule is CCS(=O)(=O)N(C)Cc1cn(C)nc1C. The Balaban J connectivity index is 2.83. The quantitative estimate of drug-likeness (QED) is 0.758. The van der Waals surface area contributed by atoms with Crippen molar-refractivity contribution in [2.45, 2.75) is 20.4 Å². The van der Waals surface area contributed by atoms with E-state index in [1.807, 2.05) is 20.2 Å². The van der Waals surface area contributed by atoms with Gasteiger partial charge in [0, 0.05) is 32.4 Å². The molecule has 5 nitrogen and oxygen atoms in total.